The van der Waals surface area contributed by atoms with E-state index in [0.29, 0.717) is 21.4 Å². The average molecular weight is 533 g/mol. The zero-order chi connectivity index (χ0) is 24.9. The molecule has 4 aromatic rings. The number of aromatic nitrogens is 3. The molecule has 1 aliphatic rings. The molecule has 1 unspecified atom stereocenters. The van der Waals surface area contributed by atoms with E-state index in [-0.39, 0.29) is 42.0 Å². The normalized spacial score (nSPS) is 17.3. The highest BCUT2D eigenvalue weighted by molar-refractivity contribution is 7.89. The van der Waals surface area contributed by atoms with Crippen molar-refractivity contribution >= 4 is 65.9 Å². The summed E-state index contributed by atoms with van der Waals surface area (Å²) in [5.74, 6) is -0.996. The topological polar surface area (TPSA) is 142 Å². The van der Waals surface area contributed by atoms with E-state index in [1.165, 1.54) is 26.6 Å². The fourth-order valence-corrected chi connectivity index (χ4v) is 6.76. The number of nitrogens with one attached hydrogen (secondary N) is 1. The van der Waals surface area contributed by atoms with Crippen molar-refractivity contribution in [3.63, 3.8) is 0 Å². The first-order valence-electron chi connectivity index (χ1n) is 10.7. The lowest BCUT2D eigenvalue weighted by Gasteiger charge is -2.39. The quantitative estimate of drug-likeness (QED) is 0.404. The maximum atomic E-state index is 13.4. The minimum Gasteiger partial charge on any atom is -0.370 e. The highest BCUT2D eigenvalue weighted by Crippen LogP contribution is 2.28. The van der Waals surface area contributed by atoms with Crippen LogP contribution in [0.4, 0.5) is 0 Å². The van der Waals surface area contributed by atoms with Crippen LogP contribution < -0.4 is 5.73 Å². The van der Waals surface area contributed by atoms with Crippen molar-refractivity contribution in [1.29, 1.82) is 0 Å². The number of hydrogen-bond donors (Lipinski definition) is 2. The molecule has 5 rings (SSSR count). The Bertz CT molecular complexity index is 1580. The summed E-state index contributed by atoms with van der Waals surface area (Å²) in [5.41, 5.74) is 7.53. The fraction of sp³-hybridized carbons (Fsp3) is 0.273. The van der Waals surface area contributed by atoms with E-state index >= 15 is 0 Å². The second-order valence-corrected chi connectivity index (χ2v) is 11.7. The van der Waals surface area contributed by atoms with Crippen LogP contribution in [0.5, 0.6) is 0 Å². The van der Waals surface area contributed by atoms with Crippen LogP contribution in [-0.2, 0) is 14.8 Å². The first-order chi connectivity index (χ1) is 16.6. The minimum atomic E-state index is -3.92. The van der Waals surface area contributed by atoms with Gasteiger partial charge in [-0.25, -0.2) is 13.4 Å². The van der Waals surface area contributed by atoms with Gasteiger partial charge in [-0.1, -0.05) is 11.6 Å². The van der Waals surface area contributed by atoms with Crippen LogP contribution in [0, 0.1) is 6.92 Å². The van der Waals surface area contributed by atoms with E-state index in [1.807, 2.05) is 6.92 Å². The number of benzene rings is 1. The smallest absolute Gasteiger partial charge is 0.283 e. The molecular weight excluding hydrogens is 512 g/mol. The molecule has 2 amide bonds. The molecule has 0 bridgehead atoms. The number of aryl methyl sites for hydroxylation is 1. The first kappa shape index (κ1) is 23.7. The molecule has 1 saturated heterocycles. The summed E-state index contributed by atoms with van der Waals surface area (Å²) in [6.45, 7) is 1.92. The number of carbonyl (C=O) groups excluding carboxylic acids is 2. The molecular formula is C22H21ClN6O4S2. The molecule has 1 aromatic carbocycles. The number of piperazine rings is 1. The third kappa shape index (κ3) is 4.49. The third-order valence-corrected chi connectivity index (χ3v) is 8.93. The molecule has 3 aromatic heterocycles. The maximum Gasteiger partial charge on any atom is 0.283 e. The summed E-state index contributed by atoms with van der Waals surface area (Å²) in [6.07, 6.45) is 1.49. The Kier molecular flexibility index (Phi) is 5.99. The van der Waals surface area contributed by atoms with Gasteiger partial charge in [0.25, 0.3) is 15.9 Å². The number of nitrogens with zero attached hydrogens (tertiary/aromatic N) is 4. The number of sulfonamides is 1. The van der Waals surface area contributed by atoms with Crippen molar-refractivity contribution in [3.8, 4) is 0 Å². The van der Waals surface area contributed by atoms with Gasteiger partial charge >= 0.3 is 0 Å². The largest absolute Gasteiger partial charge is 0.370 e. The van der Waals surface area contributed by atoms with Gasteiger partial charge in [0.1, 0.15) is 5.03 Å². The number of rotatable bonds is 5. The van der Waals surface area contributed by atoms with Gasteiger partial charge in [0.15, 0.2) is 5.01 Å². The Hall–Kier alpha value is -3.06. The van der Waals surface area contributed by atoms with E-state index in [1.54, 1.807) is 30.5 Å². The highest BCUT2D eigenvalue weighted by Gasteiger charge is 2.38. The standard InChI is InChI=1S/C22H21ClN6O4S2/c1-12-6-17-18(10-25-12)34-21(27-17)22(31)29-5-4-28(11-15(29)9-19(24)30)35(32,33)20-8-13-7-14(23)2-3-16(13)26-20/h2-3,6-8,10,15,26H,4-5,9,11H2,1H3,(H2,24,30). The van der Waals surface area contributed by atoms with Gasteiger partial charge in [0.05, 0.1) is 16.3 Å². The van der Waals surface area contributed by atoms with E-state index in [4.69, 9.17) is 17.3 Å². The van der Waals surface area contributed by atoms with E-state index in [9.17, 15) is 18.0 Å². The molecule has 1 atom stereocenters. The van der Waals surface area contributed by atoms with Crippen LogP contribution in [0.15, 0.2) is 41.6 Å². The number of aromatic amines is 1. The van der Waals surface area contributed by atoms with E-state index in [2.05, 4.69) is 15.0 Å². The minimum absolute atomic E-state index is 0.0152. The Labute approximate surface area is 209 Å². The SMILES string of the molecule is Cc1cc2nc(C(=O)N3CCN(S(=O)(=O)c4cc5cc(Cl)ccc5[nH]4)CC3CC(N)=O)sc2cn1. The highest BCUT2D eigenvalue weighted by atomic mass is 35.5. The molecule has 1 aliphatic heterocycles. The van der Waals surface area contributed by atoms with Crippen LogP contribution in [0.3, 0.4) is 0 Å². The fourth-order valence-electron chi connectivity index (χ4n) is 4.22. The summed E-state index contributed by atoms with van der Waals surface area (Å²) in [5, 5.41) is 1.43. The van der Waals surface area contributed by atoms with Gasteiger partial charge in [0.2, 0.25) is 5.91 Å². The molecule has 35 heavy (non-hydrogen) atoms. The number of hydrogen-bond acceptors (Lipinski definition) is 7. The lowest BCUT2D eigenvalue weighted by atomic mass is 10.1. The zero-order valence-electron chi connectivity index (χ0n) is 18.6. The molecule has 1 fully saturated rings. The van der Waals surface area contributed by atoms with Crippen molar-refractivity contribution < 1.29 is 18.0 Å². The van der Waals surface area contributed by atoms with Crippen molar-refractivity contribution in [3.05, 3.63) is 52.3 Å². The summed E-state index contributed by atoms with van der Waals surface area (Å²) in [4.78, 5) is 38.2. The summed E-state index contributed by atoms with van der Waals surface area (Å²) in [7, 11) is -3.92. The van der Waals surface area contributed by atoms with E-state index in [0.717, 1.165) is 10.4 Å². The second kappa shape index (κ2) is 8.86. The Morgan fingerprint density at radius 2 is 2.06 bits per heavy atom. The number of fused-ring (bicyclic) bond motifs is 2. The average Bonchev–Trinajstić information content (AvgIpc) is 3.42. The molecule has 0 saturated carbocycles. The summed E-state index contributed by atoms with van der Waals surface area (Å²) >= 11 is 7.23. The molecule has 10 nitrogen and oxygen atoms in total. The number of carbonyl (C=O) groups is 2. The Morgan fingerprint density at radius 3 is 2.83 bits per heavy atom. The van der Waals surface area contributed by atoms with Gasteiger partial charge in [-0.2, -0.15) is 4.31 Å². The molecule has 4 heterocycles. The number of thiazole rings is 1. The molecule has 13 heteroatoms. The Balaban J connectivity index is 1.42. The lowest BCUT2D eigenvalue weighted by Crippen LogP contribution is -2.57. The van der Waals surface area contributed by atoms with Crippen LogP contribution in [0.2, 0.25) is 5.02 Å². The number of nitrogens with two attached hydrogens (primary N) is 1. The van der Waals surface area contributed by atoms with Crippen LogP contribution in [-0.4, -0.2) is 70.1 Å². The van der Waals surface area contributed by atoms with Gasteiger partial charge in [-0.3, -0.25) is 14.6 Å². The van der Waals surface area contributed by atoms with Crippen LogP contribution in [0.1, 0.15) is 21.9 Å². The number of H-pyrrole nitrogens is 1. The van der Waals surface area contributed by atoms with Crippen molar-refractivity contribution in [2.45, 2.75) is 24.4 Å². The predicted octanol–water partition coefficient (Wildman–Crippen LogP) is 2.53. The number of amides is 2. The molecule has 0 radical (unpaired) electrons. The summed E-state index contributed by atoms with van der Waals surface area (Å²) < 4.78 is 28.8. The molecule has 0 spiro atoms. The third-order valence-electron chi connectivity index (χ3n) is 5.91. The van der Waals surface area contributed by atoms with Gasteiger partial charge in [0, 0.05) is 53.9 Å². The molecule has 3 N–H and O–H groups in total. The van der Waals surface area contributed by atoms with Gasteiger partial charge < -0.3 is 15.6 Å². The van der Waals surface area contributed by atoms with Crippen LogP contribution in [0.25, 0.3) is 21.1 Å². The van der Waals surface area contributed by atoms with E-state index < -0.39 is 22.0 Å². The first-order valence-corrected chi connectivity index (χ1v) is 13.4. The predicted molar refractivity (Wildman–Crippen MR) is 133 cm³/mol. The van der Waals surface area contributed by atoms with Crippen LogP contribution >= 0.6 is 22.9 Å². The van der Waals surface area contributed by atoms with Crippen molar-refractivity contribution in [2.24, 2.45) is 5.73 Å². The van der Waals surface area contributed by atoms with Gasteiger partial charge in [-0.05, 0) is 37.3 Å². The molecule has 0 aliphatic carbocycles. The van der Waals surface area contributed by atoms with Crippen molar-refractivity contribution in [1.82, 2.24) is 24.2 Å². The second-order valence-electron chi connectivity index (χ2n) is 8.36. The van der Waals surface area contributed by atoms with Gasteiger partial charge in [-0.15, -0.1) is 11.3 Å². The molecule has 182 valence electrons. The monoisotopic (exact) mass is 532 g/mol. The zero-order valence-corrected chi connectivity index (χ0v) is 21.0. The number of pyridine rings is 1. The number of primary amides is 1. The lowest BCUT2D eigenvalue weighted by molar-refractivity contribution is -0.119. The Morgan fingerprint density at radius 1 is 1.26 bits per heavy atom. The van der Waals surface area contributed by atoms with Crippen molar-refractivity contribution in [2.75, 3.05) is 19.6 Å². The maximum absolute atomic E-state index is 13.4. The summed E-state index contributed by atoms with van der Waals surface area (Å²) in [6, 6.07) is 7.64. The number of halogens is 1.